The Labute approximate surface area is 97.2 Å². The van der Waals surface area contributed by atoms with Crippen molar-refractivity contribution in [1.82, 2.24) is 0 Å². The van der Waals surface area contributed by atoms with Crippen LogP contribution in [0.5, 0.6) is 0 Å². The molecule has 0 saturated carbocycles. The monoisotopic (exact) mass is 233 g/mol. The smallest absolute Gasteiger partial charge is 0.258 e. The summed E-state index contributed by atoms with van der Waals surface area (Å²) in [6.07, 6.45) is 0. The first-order valence-corrected chi connectivity index (χ1v) is 5.62. The molecule has 0 spiro atoms. The van der Waals surface area contributed by atoms with Gasteiger partial charge in [-0.3, -0.25) is 4.79 Å². The molecule has 2 rings (SSSR count). The summed E-state index contributed by atoms with van der Waals surface area (Å²) in [7, 11) is 0. The van der Waals surface area contributed by atoms with Crippen molar-refractivity contribution in [2.75, 3.05) is 0 Å². The molecule has 1 aromatic carbocycles. The second-order valence-corrected chi connectivity index (χ2v) is 4.47. The average molecular weight is 233 g/mol. The molecule has 2 aromatic rings. The molecule has 82 valence electrons. The highest BCUT2D eigenvalue weighted by Crippen LogP contribution is 2.28. The molecule has 0 aliphatic carbocycles. The van der Waals surface area contributed by atoms with E-state index in [0.29, 0.717) is 4.88 Å². The van der Waals surface area contributed by atoms with Crippen LogP contribution in [0.3, 0.4) is 0 Å². The molecule has 0 aliphatic rings. The van der Waals surface area contributed by atoms with Crippen LogP contribution in [0.4, 0.5) is 0 Å². The average Bonchev–Trinajstić information content (AvgIpc) is 2.78. The number of amides is 1. The molecule has 16 heavy (non-hydrogen) atoms. The van der Waals surface area contributed by atoms with Gasteiger partial charge >= 0.3 is 0 Å². The molecule has 0 radical (unpaired) electrons. The van der Waals surface area contributed by atoms with Gasteiger partial charge in [-0.2, -0.15) is 0 Å². The maximum Gasteiger partial charge on any atom is 0.258 e. The van der Waals surface area contributed by atoms with E-state index < -0.39 is 5.91 Å². The second kappa shape index (κ2) is 4.47. The number of nitrogens with two attached hydrogens (primary N) is 1. The molecule has 0 unspecified atom stereocenters. The minimum absolute atomic E-state index is 0.0158. The minimum Gasteiger partial charge on any atom is -0.392 e. The summed E-state index contributed by atoms with van der Waals surface area (Å²) < 4.78 is 0. The van der Waals surface area contributed by atoms with Crippen LogP contribution in [0.1, 0.15) is 15.2 Å². The molecule has 3 nitrogen and oxygen atoms in total. The quantitative estimate of drug-likeness (QED) is 0.851. The molecule has 1 heterocycles. The van der Waals surface area contributed by atoms with Crippen LogP contribution >= 0.6 is 11.3 Å². The number of aliphatic hydroxyl groups excluding tert-OH is 1. The topological polar surface area (TPSA) is 63.3 Å². The lowest BCUT2D eigenvalue weighted by Gasteiger charge is -2.00. The lowest BCUT2D eigenvalue weighted by molar-refractivity contribution is 0.100. The van der Waals surface area contributed by atoms with E-state index in [1.54, 1.807) is 6.07 Å². The molecule has 3 N–H and O–H groups in total. The molecule has 0 fully saturated rings. The summed E-state index contributed by atoms with van der Waals surface area (Å²) in [4.78, 5) is 12.5. The zero-order valence-corrected chi connectivity index (χ0v) is 9.33. The van der Waals surface area contributed by atoms with Gasteiger partial charge in [-0.15, -0.1) is 11.3 Å². The predicted octanol–water partition coefficient (Wildman–Crippen LogP) is 2.01. The van der Waals surface area contributed by atoms with Gasteiger partial charge in [-0.05, 0) is 29.3 Å². The Morgan fingerprint density at radius 2 is 2.12 bits per heavy atom. The molecule has 1 aromatic heterocycles. The van der Waals surface area contributed by atoms with Crippen LogP contribution in [0, 0.1) is 0 Å². The van der Waals surface area contributed by atoms with Gasteiger partial charge < -0.3 is 10.8 Å². The Kier molecular flexibility index (Phi) is 3.03. The maximum absolute atomic E-state index is 11.0. The van der Waals surface area contributed by atoms with Gasteiger partial charge in [0.05, 0.1) is 11.5 Å². The van der Waals surface area contributed by atoms with E-state index in [9.17, 15) is 4.79 Å². The Balaban J connectivity index is 2.38. The van der Waals surface area contributed by atoms with Crippen LogP contribution in [-0.2, 0) is 6.61 Å². The summed E-state index contributed by atoms with van der Waals surface area (Å²) in [5.41, 5.74) is 7.04. The number of carbonyl (C=O) groups is 1. The van der Waals surface area contributed by atoms with E-state index in [0.717, 1.165) is 16.0 Å². The van der Waals surface area contributed by atoms with Gasteiger partial charge in [0.2, 0.25) is 0 Å². The van der Waals surface area contributed by atoms with E-state index in [4.69, 9.17) is 10.8 Å². The first-order valence-electron chi connectivity index (χ1n) is 4.80. The van der Waals surface area contributed by atoms with Crippen LogP contribution < -0.4 is 5.73 Å². The van der Waals surface area contributed by atoms with Crippen molar-refractivity contribution < 1.29 is 9.90 Å². The van der Waals surface area contributed by atoms with Crippen molar-refractivity contribution in [3.63, 3.8) is 0 Å². The number of hydrogen-bond acceptors (Lipinski definition) is 3. The number of thiophene rings is 1. The van der Waals surface area contributed by atoms with E-state index in [-0.39, 0.29) is 6.61 Å². The standard InChI is InChI=1S/C12H11NO2S/c13-12(15)11-5-4-10(16-11)9-3-1-2-8(6-9)7-14/h1-6,14H,7H2,(H2,13,15). The van der Waals surface area contributed by atoms with Gasteiger partial charge in [0.25, 0.3) is 5.91 Å². The Bertz CT molecular complexity index is 519. The van der Waals surface area contributed by atoms with Crippen molar-refractivity contribution in [3.8, 4) is 10.4 Å². The lowest BCUT2D eigenvalue weighted by Crippen LogP contribution is -2.07. The Hall–Kier alpha value is -1.65. The number of aliphatic hydroxyl groups is 1. The molecule has 0 bridgehead atoms. The van der Waals surface area contributed by atoms with Gasteiger partial charge in [0, 0.05) is 4.88 Å². The number of rotatable bonds is 3. The van der Waals surface area contributed by atoms with Crippen LogP contribution in [0.25, 0.3) is 10.4 Å². The summed E-state index contributed by atoms with van der Waals surface area (Å²) in [5, 5.41) is 9.03. The molecule has 1 amide bonds. The number of primary amides is 1. The van der Waals surface area contributed by atoms with Gasteiger partial charge in [0.15, 0.2) is 0 Å². The SMILES string of the molecule is NC(=O)c1ccc(-c2cccc(CO)c2)s1. The number of hydrogen-bond donors (Lipinski definition) is 2. The van der Waals surface area contributed by atoms with Crippen LogP contribution in [0.15, 0.2) is 36.4 Å². The fourth-order valence-corrected chi connectivity index (χ4v) is 2.30. The Morgan fingerprint density at radius 1 is 1.31 bits per heavy atom. The zero-order chi connectivity index (χ0) is 11.5. The van der Waals surface area contributed by atoms with E-state index >= 15 is 0 Å². The van der Waals surface area contributed by atoms with Gasteiger partial charge in [-0.25, -0.2) is 0 Å². The predicted molar refractivity (Wildman–Crippen MR) is 64.2 cm³/mol. The zero-order valence-electron chi connectivity index (χ0n) is 8.51. The fourth-order valence-electron chi connectivity index (χ4n) is 1.45. The molecular weight excluding hydrogens is 222 g/mol. The normalized spacial score (nSPS) is 10.3. The van der Waals surface area contributed by atoms with Crippen LogP contribution in [0.2, 0.25) is 0 Å². The highest BCUT2D eigenvalue weighted by molar-refractivity contribution is 7.17. The third-order valence-electron chi connectivity index (χ3n) is 2.24. The maximum atomic E-state index is 11.0. The third kappa shape index (κ3) is 2.13. The van der Waals surface area contributed by atoms with Gasteiger partial charge in [-0.1, -0.05) is 18.2 Å². The number of carbonyl (C=O) groups excluding carboxylic acids is 1. The highest BCUT2D eigenvalue weighted by Gasteiger charge is 2.06. The molecule has 0 saturated heterocycles. The summed E-state index contributed by atoms with van der Waals surface area (Å²) >= 11 is 1.36. The summed E-state index contributed by atoms with van der Waals surface area (Å²) in [6, 6.07) is 11.2. The van der Waals surface area contributed by atoms with Crippen molar-refractivity contribution in [2.24, 2.45) is 5.73 Å². The third-order valence-corrected chi connectivity index (χ3v) is 3.39. The largest absolute Gasteiger partial charge is 0.392 e. The lowest BCUT2D eigenvalue weighted by atomic mass is 10.1. The fraction of sp³-hybridized carbons (Fsp3) is 0.0833. The molecule has 0 atom stereocenters. The summed E-state index contributed by atoms with van der Waals surface area (Å²) in [5.74, 6) is -0.408. The first kappa shape index (κ1) is 10.9. The highest BCUT2D eigenvalue weighted by atomic mass is 32.1. The van der Waals surface area contributed by atoms with Crippen molar-refractivity contribution in [1.29, 1.82) is 0 Å². The second-order valence-electron chi connectivity index (χ2n) is 3.39. The number of benzene rings is 1. The molecule has 0 aliphatic heterocycles. The van der Waals surface area contributed by atoms with E-state index in [1.165, 1.54) is 11.3 Å². The molecular formula is C12H11NO2S. The summed E-state index contributed by atoms with van der Waals surface area (Å²) in [6.45, 7) is 0.0158. The molecule has 4 heteroatoms. The van der Waals surface area contributed by atoms with Crippen molar-refractivity contribution in [3.05, 3.63) is 46.8 Å². The van der Waals surface area contributed by atoms with Crippen molar-refractivity contribution in [2.45, 2.75) is 6.61 Å². The first-order chi connectivity index (χ1) is 7.70. The Morgan fingerprint density at radius 3 is 2.75 bits per heavy atom. The van der Waals surface area contributed by atoms with E-state index in [1.807, 2.05) is 30.3 Å². The minimum atomic E-state index is -0.408. The van der Waals surface area contributed by atoms with Crippen molar-refractivity contribution >= 4 is 17.2 Å². The van der Waals surface area contributed by atoms with Crippen LogP contribution in [-0.4, -0.2) is 11.0 Å². The van der Waals surface area contributed by atoms with Gasteiger partial charge in [0.1, 0.15) is 0 Å². The van der Waals surface area contributed by atoms with E-state index in [2.05, 4.69) is 0 Å².